The molecular weight excluding hydrogens is 531 g/mol. The first-order valence-corrected chi connectivity index (χ1v) is 12.0. The third-order valence-corrected chi connectivity index (χ3v) is 6.89. The molecule has 0 unspecified atom stereocenters. The number of carbonyl (C=O) groups excluding carboxylic acids is 1. The van der Waals surface area contributed by atoms with Crippen LogP contribution in [0.3, 0.4) is 0 Å². The number of nitrogens with zero attached hydrogens (tertiary/aromatic N) is 2. The van der Waals surface area contributed by atoms with Crippen molar-refractivity contribution in [2.75, 3.05) is 12.0 Å². The molecule has 0 saturated carbocycles. The maximum absolute atomic E-state index is 13.0. The van der Waals surface area contributed by atoms with Crippen molar-refractivity contribution in [3.8, 4) is 11.5 Å². The summed E-state index contributed by atoms with van der Waals surface area (Å²) in [5.41, 5.74) is 1.88. The number of ether oxygens (including phenoxy) is 2. The fraction of sp³-hybridized carbons (Fsp3) is 0.0833. The first kappa shape index (κ1) is 25.0. The molecule has 1 heterocycles. The van der Waals surface area contributed by atoms with Crippen LogP contribution >= 0.6 is 47.2 Å². The molecule has 11 heteroatoms. The Morgan fingerprint density at radius 2 is 1.83 bits per heavy atom. The average Bonchev–Trinajstić information content (AvgIpc) is 3.11. The first-order chi connectivity index (χ1) is 16.8. The lowest BCUT2D eigenvalue weighted by Crippen LogP contribution is -2.27. The minimum atomic E-state index is -0.501. The maximum Gasteiger partial charge on any atom is 0.270 e. The van der Waals surface area contributed by atoms with E-state index in [-0.39, 0.29) is 18.2 Å². The molecule has 7 nitrogen and oxygen atoms in total. The highest BCUT2D eigenvalue weighted by molar-refractivity contribution is 8.27. The predicted molar refractivity (Wildman–Crippen MR) is 143 cm³/mol. The summed E-state index contributed by atoms with van der Waals surface area (Å²) in [6.45, 7) is 0.222. The number of non-ortho nitro benzene ring substituents is 1. The summed E-state index contributed by atoms with van der Waals surface area (Å²) in [7, 11) is 1.52. The fourth-order valence-corrected chi connectivity index (χ4v) is 5.01. The molecule has 3 aromatic carbocycles. The SMILES string of the molecule is COc1cc(/C=C2/SC(=S)N(c3ccc([N+](=O)[O-])cc3)C2=O)ccc1OCc1ccc(Cl)cc1Cl. The summed E-state index contributed by atoms with van der Waals surface area (Å²) in [4.78, 5) is 25.2. The van der Waals surface area contributed by atoms with E-state index in [1.165, 1.54) is 36.3 Å². The molecule has 0 bridgehead atoms. The van der Waals surface area contributed by atoms with Crippen LogP contribution in [0.2, 0.25) is 10.0 Å². The smallest absolute Gasteiger partial charge is 0.270 e. The number of hydrogen-bond donors (Lipinski definition) is 0. The zero-order chi connectivity index (χ0) is 25.1. The minimum absolute atomic E-state index is 0.0672. The van der Waals surface area contributed by atoms with Crippen LogP contribution in [0.15, 0.2) is 65.6 Å². The van der Waals surface area contributed by atoms with Crippen LogP contribution in [0.4, 0.5) is 11.4 Å². The van der Waals surface area contributed by atoms with E-state index in [4.69, 9.17) is 44.9 Å². The number of thiocarbonyl (C=S) groups is 1. The van der Waals surface area contributed by atoms with Crippen LogP contribution in [-0.2, 0) is 11.4 Å². The molecule has 3 aromatic rings. The van der Waals surface area contributed by atoms with E-state index in [2.05, 4.69) is 0 Å². The van der Waals surface area contributed by atoms with Gasteiger partial charge in [-0.3, -0.25) is 19.8 Å². The largest absolute Gasteiger partial charge is 0.493 e. The summed E-state index contributed by atoms with van der Waals surface area (Å²) in [5.74, 6) is 0.675. The van der Waals surface area contributed by atoms with Gasteiger partial charge in [0.25, 0.3) is 11.6 Å². The van der Waals surface area contributed by atoms with E-state index < -0.39 is 4.92 Å². The van der Waals surface area contributed by atoms with Crippen LogP contribution in [0, 0.1) is 10.1 Å². The van der Waals surface area contributed by atoms with Crippen LogP contribution in [0.1, 0.15) is 11.1 Å². The molecule has 0 atom stereocenters. The van der Waals surface area contributed by atoms with Gasteiger partial charge < -0.3 is 9.47 Å². The number of benzene rings is 3. The van der Waals surface area contributed by atoms with Gasteiger partial charge in [-0.2, -0.15) is 0 Å². The number of rotatable bonds is 7. The second kappa shape index (κ2) is 10.7. The van der Waals surface area contributed by atoms with E-state index in [1.807, 2.05) is 0 Å². The Bertz CT molecular complexity index is 1360. The monoisotopic (exact) mass is 546 g/mol. The zero-order valence-electron chi connectivity index (χ0n) is 18.1. The summed E-state index contributed by atoms with van der Waals surface area (Å²) >= 11 is 18.7. The highest BCUT2D eigenvalue weighted by Crippen LogP contribution is 2.38. The third-order valence-electron chi connectivity index (χ3n) is 5.00. The molecule has 35 heavy (non-hydrogen) atoms. The molecule has 1 fully saturated rings. The number of hydrogen-bond acceptors (Lipinski definition) is 7. The Hall–Kier alpha value is -3.11. The molecule has 0 spiro atoms. The second-order valence-electron chi connectivity index (χ2n) is 7.23. The Kier molecular flexibility index (Phi) is 7.61. The van der Waals surface area contributed by atoms with Gasteiger partial charge in [0.2, 0.25) is 0 Å². The number of halogens is 2. The lowest BCUT2D eigenvalue weighted by molar-refractivity contribution is -0.384. The van der Waals surface area contributed by atoms with E-state index in [0.29, 0.717) is 42.0 Å². The number of amides is 1. The van der Waals surface area contributed by atoms with Gasteiger partial charge >= 0.3 is 0 Å². The van der Waals surface area contributed by atoms with Crippen molar-refractivity contribution >= 4 is 74.9 Å². The van der Waals surface area contributed by atoms with Gasteiger partial charge in [-0.15, -0.1) is 0 Å². The number of methoxy groups -OCH3 is 1. The molecule has 0 radical (unpaired) electrons. The quantitative estimate of drug-likeness (QED) is 0.138. The van der Waals surface area contributed by atoms with E-state index in [1.54, 1.807) is 42.5 Å². The maximum atomic E-state index is 13.0. The van der Waals surface area contributed by atoms with Gasteiger partial charge in [0.05, 0.1) is 22.6 Å². The minimum Gasteiger partial charge on any atom is -0.493 e. The van der Waals surface area contributed by atoms with Crippen LogP contribution in [-0.4, -0.2) is 22.3 Å². The van der Waals surface area contributed by atoms with Crippen molar-refractivity contribution in [3.05, 3.63) is 96.9 Å². The molecule has 4 rings (SSSR count). The van der Waals surface area contributed by atoms with Crippen molar-refractivity contribution in [2.24, 2.45) is 0 Å². The van der Waals surface area contributed by atoms with Crippen molar-refractivity contribution in [3.63, 3.8) is 0 Å². The van der Waals surface area contributed by atoms with Gasteiger partial charge in [0, 0.05) is 27.7 Å². The molecule has 0 aromatic heterocycles. The number of thioether (sulfide) groups is 1. The number of anilines is 1. The van der Waals surface area contributed by atoms with Gasteiger partial charge in [-0.1, -0.05) is 59.3 Å². The lowest BCUT2D eigenvalue weighted by Gasteiger charge is -2.14. The van der Waals surface area contributed by atoms with Crippen LogP contribution < -0.4 is 14.4 Å². The van der Waals surface area contributed by atoms with E-state index in [0.717, 1.165) is 17.3 Å². The molecule has 1 aliphatic rings. The topological polar surface area (TPSA) is 81.9 Å². The normalized spacial score (nSPS) is 14.5. The Labute approximate surface area is 220 Å². The second-order valence-corrected chi connectivity index (χ2v) is 9.74. The number of carbonyl (C=O) groups is 1. The highest BCUT2D eigenvalue weighted by Gasteiger charge is 2.33. The van der Waals surface area contributed by atoms with Crippen molar-refractivity contribution in [2.45, 2.75) is 6.61 Å². The van der Waals surface area contributed by atoms with Crippen molar-refractivity contribution in [1.29, 1.82) is 0 Å². The standard InChI is InChI=1S/C24H16Cl2N2O5S2/c1-32-21-10-14(2-9-20(21)33-13-15-3-4-16(25)12-19(15)26)11-22-23(29)27(24(34)35-22)17-5-7-18(8-6-17)28(30)31/h2-12H,13H2,1H3/b22-11+. The lowest BCUT2D eigenvalue weighted by atomic mass is 10.1. The van der Waals surface area contributed by atoms with Gasteiger partial charge in [-0.25, -0.2) is 0 Å². The number of nitro groups is 1. The Balaban J connectivity index is 1.52. The van der Waals surface area contributed by atoms with Gasteiger partial charge in [0.1, 0.15) is 6.61 Å². The summed E-state index contributed by atoms with van der Waals surface area (Å²) in [5, 5.41) is 11.9. The summed E-state index contributed by atoms with van der Waals surface area (Å²) in [6.07, 6.45) is 1.70. The summed E-state index contributed by atoms with van der Waals surface area (Å²) < 4.78 is 11.7. The molecular formula is C24H16Cl2N2O5S2. The third kappa shape index (κ3) is 5.59. The predicted octanol–water partition coefficient (Wildman–Crippen LogP) is 6.90. The summed E-state index contributed by atoms with van der Waals surface area (Å²) in [6, 6.07) is 16.1. The highest BCUT2D eigenvalue weighted by atomic mass is 35.5. The van der Waals surface area contributed by atoms with E-state index in [9.17, 15) is 14.9 Å². The van der Waals surface area contributed by atoms with Crippen molar-refractivity contribution in [1.82, 2.24) is 0 Å². The van der Waals surface area contributed by atoms with Gasteiger partial charge in [-0.05, 0) is 48.0 Å². The Morgan fingerprint density at radius 1 is 1.09 bits per heavy atom. The van der Waals surface area contributed by atoms with Crippen LogP contribution in [0.25, 0.3) is 6.08 Å². The molecule has 0 aliphatic carbocycles. The zero-order valence-corrected chi connectivity index (χ0v) is 21.2. The average molecular weight is 547 g/mol. The molecule has 178 valence electrons. The molecule has 1 amide bonds. The first-order valence-electron chi connectivity index (χ1n) is 10.0. The van der Waals surface area contributed by atoms with E-state index >= 15 is 0 Å². The van der Waals surface area contributed by atoms with Crippen molar-refractivity contribution < 1.29 is 19.2 Å². The van der Waals surface area contributed by atoms with Crippen LogP contribution in [0.5, 0.6) is 11.5 Å². The fourth-order valence-electron chi connectivity index (χ4n) is 3.25. The molecule has 1 saturated heterocycles. The Morgan fingerprint density at radius 3 is 2.49 bits per heavy atom. The number of nitro benzene ring substituents is 1. The molecule has 1 aliphatic heterocycles. The molecule has 0 N–H and O–H groups in total. The van der Waals surface area contributed by atoms with Gasteiger partial charge in [0.15, 0.2) is 15.8 Å².